The highest BCUT2D eigenvalue weighted by atomic mass is 16.4. The Balaban J connectivity index is 2.20. The lowest BCUT2D eigenvalue weighted by molar-refractivity contribution is -0.138. The van der Waals surface area contributed by atoms with Gasteiger partial charge in [-0.1, -0.05) is 0 Å². The number of aliphatic carboxylic acids is 1. The van der Waals surface area contributed by atoms with Gasteiger partial charge in [0.25, 0.3) is 0 Å². The van der Waals surface area contributed by atoms with Crippen molar-refractivity contribution in [3.63, 3.8) is 0 Å². The van der Waals surface area contributed by atoms with E-state index in [0.29, 0.717) is 18.4 Å². The van der Waals surface area contributed by atoms with Gasteiger partial charge in [0.05, 0.1) is 0 Å². The number of carboxylic acid groups (broad SMARTS) is 1. The zero-order chi connectivity index (χ0) is 10.6. The molecule has 0 heterocycles. The van der Waals surface area contributed by atoms with Gasteiger partial charge >= 0.3 is 5.97 Å². The maximum atomic E-state index is 10.7. The van der Waals surface area contributed by atoms with E-state index in [4.69, 9.17) is 5.11 Å². The van der Waals surface area contributed by atoms with Crippen LogP contribution in [0.4, 0.5) is 0 Å². The molecule has 1 aliphatic carbocycles. The van der Waals surface area contributed by atoms with Crippen LogP contribution in [-0.2, 0) is 9.59 Å². The summed E-state index contributed by atoms with van der Waals surface area (Å²) in [5.74, 6) is 0.0661. The van der Waals surface area contributed by atoms with Gasteiger partial charge in [0.1, 0.15) is 0 Å². The van der Waals surface area contributed by atoms with Crippen LogP contribution in [0.2, 0.25) is 0 Å². The van der Waals surface area contributed by atoms with Gasteiger partial charge in [-0.25, -0.2) is 0 Å². The second-order valence-electron chi connectivity index (χ2n) is 4.08. The second-order valence-corrected chi connectivity index (χ2v) is 4.08. The van der Waals surface area contributed by atoms with E-state index in [1.165, 1.54) is 6.92 Å². The molecule has 1 saturated carbocycles. The highest BCUT2D eigenvalue weighted by Crippen LogP contribution is 2.32. The molecule has 1 amide bonds. The largest absolute Gasteiger partial charge is 0.481 e. The van der Waals surface area contributed by atoms with Gasteiger partial charge in [-0.05, 0) is 31.1 Å². The first-order valence-corrected chi connectivity index (χ1v) is 5.04. The molecule has 2 unspecified atom stereocenters. The molecule has 2 N–H and O–H groups in total. The molecule has 0 aromatic rings. The fourth-order valence-corrected chi connectivity index (χ4v) is 2.08. The van der Waals surface area contributed by atoms with Crippen molar-refractivity contribution in [3.05, 3.63) is 0 Å². The van der Waals surface area contributed by atoms with Crippen LogP contribution in [0, 0.1) is 11.8 Å². The molecule has 1 aliphatic rings. The fraction of sp³-hybridized carbons (Fsp3) is 0.800. The van der Waals surface area contributed by atoms with E-state index in [9.17, 15) is 9.59 Å². The Bertz CT molecular complexity index is 227. The molecule has 80 valence electrons. The van der Waals surface area contributed by atoms with Gasteiger partial charge in [-0.15, -0.1) is 0 Å². The van der Waals surface area contributed by atoms with Crippen molar-refractivity contribution >= 4 is 11.9 Å². The normalized spacial score (nSPS) is 26.1. The van der Waals surface area contributed by atoms with Crippen molar-refractivity contribution in [1.29, 1.82) is 0 Å². The smallest absolute Gasteiger partial charge is 0.303 e. The van der Waals surface area contributed by atoms with E-state index < -0.39 is 5.97 Å². The minimum Gasteiger partial charge on any atom is -0.481 e. The van der Waals surface area contributed by atoms with Crippen molar-refractivity contribution in [1.82, 2.24) is 5.32 Å². The van der Waals surface area contributed by atoms with Crippen LogP contribution in [0.15, 0.2) is 0 Å². The first-order valence-electron chi connectivity index (χ1n) is 5.04. The van der Waals surface area contributed by atoms with E-state index in [-0.39, 0.29) is 12.3 Å². The van der Waals surface area contributed by atoms with Gasteiger partial charge < -0.3 is 10.4 Å². The second kappa shape index (κ2) is 4.98. The summed E-state index contributed by atoms with van der Waals surface area (Å²) in [6.45, 7) is 2.20. The Kier molecular flexibility index (Phi) is 3.92. The van der Waals surface area contributed by atoms with E-state index in [1.807, 2.05) is 0 Å². The number of nitrogens with one attached hydrogen (secondary N) is 1. The summed E-state index contributed by atoms with van der Waals surface area (Å²) in [4.78, 5) is 21.1. The number of carbonyl (C=O) groups excluding carboxylic acids is 1. The minimum atomic E-state index is -0.713. The summed E-state index contributed by atoms with van der Waals surface area (Å²) < 4.78 is 0. The summed E-state index contributed by atoms with van der Waals surface area (Å²) >= 11 is 0. The molecule has 0 aliphatic heterocycles. The topological polar surface area (TPSA) is 66.4 Å². The molecule has 4 heteroatoms. The Morgan fingerprint density at radius 1 is 1.36 bits per heavy atom. The van der Waals surface area contributed by atoms with Gasteiger partial charge in [0.2, 0.25) is 5.91 Å². The third-order valence-electron chi connectivity index (χ3n) is 2.75. The summed E-state index contributed by atoms with van der Waals surface area (Å²) in [6, 6.07) is 0. The molecule has 1 fully saturated rings. The van der Waals surface area contributed by atoms with Gasteiger partial charge in [0.15, 0.2) is 0 Å². The maximum absolute atomic E-state index is 10.7. The average molecular weight is 199 g/mol. The predicted molar refractivity (Wildman–Crippen MR) is 51.8 cm³/mol. The zero-order valence-corrected chi connectivity index (χ0v) is 8.45. The number of amides is 1. The van der Waals surface area contributed by atoms with Crippen LogP contribution in [0.1, 0.15) is 32.6 Å². The number of hydrogen-bond donors (Lipinski definition) is 2. The lowest BCUT2D eigenvalue weighted by atomic mass is 10.0. The summed E-state index contributed by atoms with van der Waals surface area (Å²) in [7, 11) is 0. The fourth-order valence-electron chi connectivity index (χ4n) is 2.08. The molecule has 0 aromatic carbocycles. The Hall–Kier alpha value is -1.06. The number of rotatable bonds is 4. The molecular weight excluding hydrogens is 182 g/mol. The number of carboxylic acids is 1. The lowest BCUT2D eigenvalue weighted by Crippen LogP contribution is -2.25. The minimum absolute atomic E-state index is 0.00770. The average Bonchev–Trinajstić information content (AvgIpc) is 2.47. The van der Waals surface area contributed by atoms with E-state index in [1.54, 1.807) is 0 Å². The Morgan fingerprint density at radius 2 is 2.00 bits per heavy atom. The third-order valence-corrected chi connectivity index (χ3v) is 2.75. The molecule has 0 bridgehead atoms. The van der Waals surface area contributed by atoms with Crippen LogP contribution in [0.25, 0.3) is 0 Å². The standard InChI is InChI=1S/C10H17NO3/c1-7(12)11-6-9-3-2-8(4-9)5-10(13)14/h8-9H,2-6H2,1H3,(H,11,12)(H,13,14). The van der Waals surface area contributed by atoms with Crippen LogP contribution in [-0.4, -0.2) is 23.5 Å². The van der Waals surface area contributed by atoms with Gasteiger partial charge in [-0.2, -0.15) is 0 Å². The zero-order valence-electron chi connectivity index (χ0n) is 8.45. The molecule has 0 spiro atoms. The van der Waals surface area contributed by atoms with E-state index in [2.05, 4.69) is 5.32 Å². The number of hydrogen-bond acceptors (Lipinski definition) is 2. The first kappa shape index (κ1) is 11.0. The van der Waals surface area contributed by atoms with Crippen LogP contribution in [0.3, 0.4) is 0 Å². The van der Waals surface area contributed by atoms with Gasteiger partial charge in [-0.3, -0.25) is 9.59 Å². The van der Waals surface area contributed by atoms with Crippen molar-refractivity contribution in [2.45, 2.75) is 32.6 Å². The SMILES string of the molecule is CC(=O)NCC1CCC(CC(=O)O)C1. The molecule has 4 nitrogen and oxygen atoms in total. The van der Waals surface area contributed by atoms with Crippen LogP contribution < -0.4 is 5.32 Å². The first-order chi connectivity index (χ1) is 6.58. The van der Waals surface area contributed by atoms with E-state index in [0.717, 1.165) is 19.3 Å². The molecule has 0 saturated heterocycles. The summed E-state index contributed by atoms with van der Waals surface area (Å²) in [5, 5.41) is 11.4. The maximum Gasteiger partial charge on any atom is 0.303 e. The molecule has 14 heavy (non-hydrogen) atoms. The van der Waals surface area contributed by atoms with E-state index >= 15 is 0 Å². The Labute approximate surface area is 83.7 Å². The summed E-state index contributed by atoms with van der Waals surface area (Å²) in [6.07, 6.45) is 3.23. The monoisotopic (exact) mass is 199 g/mol. The van der Waals surface area contributed by atoms with Crippen molar-refractivity contribution in [2.75, 3.05) is 6.54 Å². The van der Waals surface area contributed by atoms with Crippen molar-refractivity contribution in [2.24, 2.45) is 11.8 Å². The quantitative estimate of drug-likeness (QED) is 0.710. The third kappa shape index (κ3) is 3.77. The van der Waals surface area contributed by atoms with Crippen molar-refractivity contribution < 1.29 is 14.7 Å². The molecule has 2 atom stereocenters. The Morgan fingerprint density at radius 3 is 2.57 bits per heavy atom. The van der Waals surface area contributed by atoms with Crippen molar-refractivity contribution in [3.8, 4) is 0 Å². The molecule has 0 aromatic heterocycles. The molecule has 0 radical (unpaired) electrons. The molecular formula is C10H17NO3. The molecule has 1 rings (SSSR count). The number of carbonyl (C=O) groups is 2. The lowest BCUT2D eigenvalue weighted by Gasteiger charge is -2.10. The highest BCUT2D eigenvalue weighted by Gasteiger charge is 2.26. The van der Waals surface area contributed by atoms with Crippen LogP contribution in [0.5, 0.6) is 0 Å². The van der Waals surface area contributed by atoms with Crippen LogP contribution >= 0.6 is 0 Å². The predicted octanol–water partition coefficient (Wildman–Crippen LogP) is 1.01. The van der Waals surface area contributed by atoms with Gasteiger partial charge in [0, 0.05) is 19.9 Å². The summed E-state index contributed by atoms with van der Waals surface area (Å²) in [5.41, 5.74) is 0. The highest BCUT2D eigenvalue weighted by molar-refractivity contribution is 5.72.